The number of nitrogens with one attached hydrogen (secondary N) is 2. The van der Waals surface area contributed by atoms with Gasteiger partial charge in [-0.1, -0.05) is 74.3 Å². The monoisotopic (exact) mass is 588 g/mol. The zero-order valence-corrected chi connectivity index (χ0v) is 27.7. The van der Waals surface area contributed by atoms with E-state index in [1.807, 2.05) is 20.8 Å². The van der Waals surface area contributed by atoms with Crippen LogP contribution < -0.4 is 16.4 Å². The molecule has 3 aliphatic rings. The number of nitrogens with two attached hydrogens (primary N) is 1. The number of ether oxygens (including phenoxy) is 1. The highest BCUT2D eigenvalue weighted by Gasteiger charge is 2.85. The lowest BCUT2D eigenvalue weighted by Crippen LogP contribution is -2.59. The molecule has 238 valence electrons. The van der Waals surface area contributed by atoms with E-state index >= 15 is 0 Å². The Morgan fingerprint density at radius 1 is 1.05 bits per heavy atom. The largest absolute Gasteiger partial charge is 0.444 e. The Balaban J connectivity index is 1.96. The third-order valence-electron chi connectivity index (χ3n) is 10.5. The fraction of sp³-hybridized carbons (Fsp3) is 0.818. The van der Waals surface area contributed by atoms with Gasteiger partial charge in [-0.3, -0.25) is 14.4 Å². The molecule has 5 atom stereocenters. The molecule has 2 aliphatic carbocycles. The lowest BCUT2D eigenvalue weighted by Gasteiger charge is -2.36. The topological polar surface area (TPSA) is 131 Å². The van der Waals surface area contributed by atoms with Crippen molar-refractivity contribution >= 4 is 23.7 Å². The lowest BCUT2D eigenvalue weighted by molar-refractivity contribution is -0.142. The van der Waals surface area contributed by atoms with Crippen LogP contribution in [0.5, 0.6) is 0 Å². The predicted molar refractivity (Wildman–Crippen MR) is 164 cm³/mol. The third-order valence-corrected chi connectivity index (χ3v) is 10.5. The van der Waals surface area contributed by atoms with E-state index in [2.05, 4.69) is 44.9 Å². The molecule has 3 fully saturated rings. The number of hydrogen-bond acceptors (Lipinski definition) is 6. The van der Waals surface area contributed by atoms with E-state index in [9.17, 15) is 19.2 Å². The summed E-state index contributed by atoms with van der Waals surface area (Å²) in [6, 6.07) is -2.50. The number of amides is 3. The van der Waals surface area contributed by atoms with Crippen LogP contribution in [0.25, 0.3) is 0 Å². The summed E-state index contributed by atoms with van der Waals surface area (Å²) >= 11 is 0. The summed E-state index contributed by atoms with van der Waals surface area (Å²) in [6.45, 7) is 23.7. The van der Waals surface area contributed by atoms with Crippen LogP contribution in [0.3, 0.4) is 0 Å². The van der Waals surface area contributed by atoms with Crippen molar-refractivity contribution < 1.29 is 23.9 Å². The van der Waals surface area contributed by atoms with Gasteiger partial charge in [0.2, 0.25) is 11.8 Å². The molecular formula is C33H56N4O5. The summed E-state index contributed by atoms with van der Waals surface area (Å²) < 4.78 is 5.50. The van der Waals surface area contributed by atoms with Crippen LogP contribution in [0.4, 0.5) is 4.79 Å². The molecule has 9 heteroatoms. The summed E-state index contributed by atoms with van der Waals surface area (Å²) in [5.41, 5.74) is 4.21. The first-order valence-corrected chi connectivity index (χ1v) is 15.7. The standard InChI is InChI=1S/C33H56N4O5/c1-12-14-20(2)17-22(24(38)21(3)34)35-26(39)23-18-33(31(10,11)32(33)15-13-16-32)19-37(23)27(40)25(29(4,5)6)36-28(41)42-30(7,8)9/h20,22-23,25H,3,12-19,34H2,1-2,4-11H3,(H,35,39)(H,36,41)/t20?,22?,23-,25?,33-/m0/s1. The van der Waals surface area contributed by atoms with Gasteiger partial charge in [0, 0.05) is 12.0 Å². The number of fused-ring (bicyclic) bond motifs is 1. The van der Waals surface area contributed by atoms with E-state index in [-0.39, 0.29) is 39.7 Å². The number of carbonyl (C=O) groups is 4. The van der Waals surface area contributed by atoms with Crippen LogP contribution in [0.1, 0.15) is 114 Å². The Morgan fingerprint density at radius 3 is 2.07 bits per heavy atom. The predicted octanol–water partition coefficient (Wildman–Crippen LogP) is 5.08. The SMILES string of the molecule is C=C(N)C(=O)C(CC(C)CCC)NC(=O)[C@@H]1C[C@]2(CN1C(=O)C(NC(=O)OC(C)(C)C)C(C)(C)C)C(C)(C)C21CCC1. The summed E-state index contributed by atoms with van der Waals surface area (Å²) in [4.78, 5) is 56.1. The Morgan fingerprint density at radius 2 is 1.64 bits per heavy atom. The van der Waals surface area contributed by atoms with Gasteiger partial charge in [0.25, 0.3) is 0 Å². The van der Waals surface area contributed by atoms with Gasteiger partial charge in [-0.2, -0.15) is 0 Å². The van der Waals surface area contributed by atoms with Crippen LogP contribution in [0.15, 0.2) is 12.3 Å². The molecule has 4 N–H and O–H groups in total. The van der Waals surface area contributed by atoms with Gasteiger partial charge in [0.15, 0.2) is 5.78 Å². The number of alkyl carbamates (subject to hydrolysis) is 1. The van der Waals surface area contributed by atoms with Crippen LogP contribution in [0, 0.1) is 27.6 Å². The van der Waals surface area contributed by atoms with Gasteiger partial charge in [0.05, 0.1) is 11.7 Å². The molecule has 0 aromatic carbocycles. The maximum absolute atomic E-state index is 14.4. The molecule has 2 spiro atoms. The minimum absolute atomic E-state index is 0.0297. The minimum Gasteiger partial charge on any atom is -0.444 e. The van der Waals surface area contributed by atoms with Crippen LogP contribution in [0.2, 0.25) is 0 Å². The molecule has 9 nitrogen and oxygen atoms in total. The van der Waals surface area contributed by atoms with Crippen LogP contribution >= 0.6 is 0 Å². The Hall–Kier alpha value is -2.58. The minimum atomic E-state index is -0.914. The van der Waals surface area contributed by atoms with E-state index in [4.69, 9.17) is 10.5 Å². The third kappa shape index (κ3) is 6.07. The fourth-order valence-electron chi connectivity index (χ4n) is 8.04. The highest BCUT2D eigenvalue weighted by molar-refractivity contribution is 6.01. The zero-order chi connectivity index (χ0) is 32.1. The number of Topliss-reactive ketones (excluding diaryl/α,β-unsaturated/α-hetero) is 1. The molecule has 3 amide bonds. The quantitative estimate of drug-likeness (QED) is 0.305. The van der Waals surface area contributed by atoms with Crippen LogP contribution in [-0.4, -0.2) is 58.9 Å². The van der Waals surface area contributed by atoms with Crippen molar-refractivity contribution in [3.63, 3.8) is 0 Å². The van der Waals surface area contributed by atoms with Crippen molar-refractivity contribution in [3.8, 4) is 0 Å². The first-order chi connectivity index (χ1) is 19.1. The summed E-state index contributed by atoms with van der Waals surface area (Å²) in [5, 5.41) is 5.80. The smallest absolute Gasteiger partial charge is 0.408 e. The fourth-order valence-corrected chi connectivity index (χ4v) is 8.04. The second-order valence-corrected chi connectivity index (χ2v) is 15.9. The molecule has 0 bridgehead atoms. The van der Waals surface area contributed by atoms with E-state index in [1.165, 1.54) is 0 Å². The van der Waals surface area contributed by atoms with Gasteiger partial charge < -0.3 is 26.0 Å². The highest BCUT2D eigenvalue weighted by Crippen LogP contribution is 2.88. The molecule has 1 heterocycles. The molecule has 0 aromatic heterocycles. The first-order valence-electron chi connectivity index (χ1n) is 15.7. The first kappa shape index (κ1) is 33.9. The maximum Gasteiger partial charge on any atom is 0.408 e. The van der Waals surface area contributed by atoms with Crippen molar-refractivity contribution in [1.29, 1.82) is 0 Å². The van der Waals surface area contributed by atoms with E-state index in [1.54, 1.807) is 25.7 Å². The number of likely N-dealkylation sites (tertiary alicyclic amines) is 1. The van der Waals surface area contributed by atoms with E-state index in [0.29, 0.717) is 19.4 Å². The van der Waals surface area contributed by atoms with Crippen molar-refractivity contribution in [2.75, 3.05) is 6.54 Å². The molecule has 3 unspecified atom stereocenters. The summed E-state index contributed by atoms with van der Waals surface area (Å²) in [7, 11) is 0. The Bertz CT molecular complexity index is 1100. The zero-order valence-electron chi connectivity index (χ0n) is 27.7. The van der Waals surface area contributed by atoms with Gasteiger partial charge in [-0.15, -0.1) is 0 Å². The van der Waals surface area contributed by atoms with E-state index in [0.717, 1.165) is 32.1 Å². The number of ketones is 1. The maximum atomic E-state index is 14.4. The number of nitrogens with zero attached hydrogens (tertiary/aromatic N) is 1. The molecule has 3 rings (SSSR count). The molecule has 1 aliphatic heterocycles. The normalized spacial score (nSPS) is 26.1. The number of carbonyl (C=O) groups excluding carboxylic acids is 4. The molecule has 1 saturated heterocycles. The van der Waals surface area contributed by atoms with Gasteiger partial charge in [-0.25, -0.2) is 4.79 Å². The lowest BCUT2D eigenvalue weighted by atomic mass is 9.73. The average molecular weight is 589 g/mol. The second kappa shape index (κ2) is 11.5. The van der Waals surface area contributed by atoms with Crippen molar-refractivity contribution in [2.45, 2.75) is 138 Å². The Kier molecular flexibility index (Phi) is 9.28. The molecular weight excluding hydrogens is 532 g/mol. The number of hydrogen-bond donors (Lipinski definition) is 3. The van der Waals surface area contributed by atoms with Crippen LogP contribution in [-0.2, 0) is 19.1 Å². The number of rotatable bonds is 10. The summed E-state index contributed by atoms with van der Waals surface area (Å²) in [5.74, 6) is -0.864. The van der Waals surface area contributed by atoms with Crippen molar-refractivity contribution in [3.05, 3.63) is 12.3 Å². The second-order valence-electron chi connectivity index (χ2n) is 15.9. The molecule has 42 heavy (non-hydrogen) atoms. The van der Waals surface area contributed by atoms with Gasteiger partial charge >= 0.3 is 6.09 Å². The van der Waals surface area contributed by atoms with E-state index < -0.39 is 41.0 Å². The average Bonchev–Trinajstić information content (AvgIpc) is 3.05. The van der Waals surface area contributed by atoms with Gasteiger partial charge in [-0.05, 0) is 68.6 Å². The highest BCUT2D eigenvalue weighted by atomic mass is 16.6. The van der Waals surface area contributed by atoms with Crippen molar-refractivity contribution in [2.24, 2.45) is 33.3 Å². The summed E-state index contributed by atoms with van der Waals surface area (Å²) in [6.07, 6.45) is 5.47. The Labute approximate surface area is 253 Å². The van der Waals surface area contributed by atoms with Gasteiger partial charge in [0.1, 0.15) is 17.7 Å². The van der Waals surface area contributed by atoms with Crippen molar-refractivity contribution in [1.82, 2.24) is 15.5 Å². The molecule has 0 aromatic rings. The molecule has 2 saturated carbocycles. The molecule has 0 radical (unpaired) electrons.